The Morgan fingerprint density at radius 2 is 2.07 bits per heavy atom. The standard InChI is InChI=1S/C20H29ClN2O4S/c1-12(2)10-14(17-19(25)27-20(4,5)26-17)18(24)23-9-8-22(11-13(23)3)16-7-6-15(21)28-16/h6-7,12-14,17H,8-11H2,1-5H3/t13-,14+,17+/m1/s1. The minimum Gasteiger partial charge on any atom is -0.432 e. The van der Waals surface area contributed by atoms with Crippen LogP contribution in [0.3, 0.4) is 0 Å². The van der Waals surface area contributed by atoms with Gasteiger partial charge in [-0.2, -0.15) is 0 Å². The van der Waals surface area contributed by atoms with Gasteiger partial charge in [0.2, 0.25) is 11.7 Å². The van der Waals surface area contributed by atoms with Crippen molar-refractivity contribution in [2.24, 2.45) is 11.8 Å². The number of hydrogen-bond acceptors (Lipinski definition) is 6. The first-order chi connectivity index (χ1) is 13.1. The van der Waals surface area contributed by atoms with Crippen LogP contribution in [0.5, 0.6) is 0 Å². The maximum Gasteiger partial charge on any atom is 0.338 e. The predicted molar refractivity (Wildman–Crippen MR) is 111 cm³/mol. The van der Waals surface area contributed by atoms with Gasteiger partial charge in [0.05, 0.1) is 15.3 Å². The average molecular weight is 429 g/mol. The molecule has 28 heavy (non-hydrogen) atoms. The van der Waals surface area contributed by atoms with E-state index in [1.807, 2.05) is 37.8 Å². The molecule has 0 bridgehead atoms. The predicted octanol–water partition coefficient (Wildman–Crippen LogP) is 3.78. The molecule has 2 aliphatic rings. The number of carbonyl (C=O) groups excluding carboxylic acids is 2. The van der Waals surface area contributed by atoms with Crippen LogP contribution < -0.4 is 4.90 Å². The second-order valence-electron chi connectivity index (χ2n) is 8.50. The Kier molecular flexibility index (Phi) is 6.27. The van der Waals surface area contributed by atoms with Gasteiger partial charge >= 0.3 is 5.97 Å². The molecule has 3 atom stereocenters. The van der Waals surface area contributed by atoms with Crippen LogP contribution in [-0.2, 0) is 19.1 Å². The van der Waals surface area contributed by atoms with Crippen LogP contribution in [-0.4, -0.2) is 54.3 Å². The van der Waals surface area contributed by atoms with E-state index in [0.29, 0.717) is 13.0 Å². The van der Waals surface area contributed by atoms with Crippen LogP contribution in [0.15, 0.2) is 12.1 Å². The minimum atomic E-state index is -0.986. The van der Waals surface area contributed by atoms with E-state index in [0.717, 1.165) is 22.4 Å². The fraction of sp³-hybridized carbons (Fsp3) is 0.700. The molecule has 3 heterocycles. The number of thiophene rings is 1. The first-order valence-electron chi connectivity index (χ1n) is 9.79. The van der Waals surface area contributed by atoms with Crippen molar-refractivity contribution < 1.29 is 19.1 Å². The summed E-state index contributed by atoms with van der Waals surface area (Å²) in [4.78, 5) is 30.0. The van der Waals surface area contributed by atoms with Crippen molar-refractivity contribution in [3.63, 3.8) is 0 Å². The highest BCUT2D eigenvalue weighted by molar-refractivity contribution is 7.19. The number of rotatable bonds is 5. The van der Waals surface area contributed by atoms with Gasteiger partial charge in [-0.1, -0.05) is 25.4 Å². The molecule has 1 aromatic rings. The Morgan fingerprint density at radius 3 is 2.57 bits per heavy atom. The normalized spacial score (nSPS) is 25.9. The number of esters is 1. The third-order valence-electron chi connectivity index (χ3n) is 5.18. The number of cyclic esters (lactones) is 1. The van der Waals surface area contributed by atoms with E-state index in [-0.39, 0.29) is 17.9 Å². The number of carbonyl (C=O) groups is 2. The van der Waals surface area contributed by atoms with E-state index >= 15 is 0 Å². The first kappa shape index (κ1) is 21.4. The van der Waals surface area contributed by atoms with Crippen molar-refractivity contribution in [3.05, 3.63) is 16.5 Å². The number of anilines is 1. The lowest BCUT2D eigenvalue weighted by molar-refractivity contribution is -0.163. The molecule has 156 valence electrons. The zero-order valence-corrected chi connectivity index (χ0v) is 18.7. The van der Waals surface area contributed by atoms with Gasteiger partial charge in [0.15, 0.2) is 6.10 Å². The Balaban J connectivity index is 1.73. The number of ether oxygens (including phenoxy) is 2. The molecule has 2 fully saturated rings. The summed E-state index contributed by atoms with van der Waals surface area (Å²) in [7, 11) is 0. The number of hydrogen-bond donors (Lipinski definition) is 0. The Bertz CT molecular complexity index is 736. The van der Waals surface area contributed by atoms with Crippen molar-refractivity contribution >= 4 is 39.8 Å². The molecule has 0 aromatic carbocycles. The maximum absolute atomic E-state index is 13.4. The molecule has 8 heteroatoms. The molecule has 6 nitrogen and oxygen atoms in total. The Hall–Kier alpha value is -1.31. The van der Waals surface area contributed by atoms with Crippen molar-refractivity contribution in [1.82, 2.24) is 4.90 Å². The fourth-order valence-corrected chi connectivity index (χ4v) is 5.03. The molecule has 1 amide bonds. The molecule has 0 aliphatic carbocycles. The summed E-state index contributed by atoms with van der Waals surface area (Å²) in [6, 6.07) is 3.94. The van der Waals surface area contributed by atoms with Crippen LogP contribution >= 0.6 is 22.9 Å². The van der Waals surface area contributed by atoms with E-state index in [1.54, 1.807) is 25.2 Å². The summed E-state index contributed by atoms with van der Waals surface area (Å²) in [5.41, 5.74) is 0. The first-order valence-corrected chi connectivity index (χ1v) is 11.0. The third kappa shape index (κ3) is 4.63. The molecule has 0 radical (unpaired) electrons. The maximum atomic E-state index is 13.4. The summed E-state index contributed by atoms with van der Waals surface area (Å²) in [6.45, 7) is 11.6. The molecule has 0 spiro atoms. The van der Waals surface area contributed by atoms with Gasteiger partial charge in [0, 0.05) is 39.5 Å². The van der Waals surface area contributed by atoms with E-state index in [2.05, 4.69) is 4.90 Å². The molecular weight excluding hydrogens is 400 g/mol. The SMILES string of the molecule is CC(C)C[C@H](C(=O)N1CCN(c2ccc(Cl)s2)C[C@H]1C)[C@@H]1OC(C)(C)OC1=O. The number of piperazine rings is 1. The second kappa shape index (κ2) is 8.20. The molecule has 0 N–H and O–H groups in total. The van der Waals surface area contributed by atoms with Gasteiger partial charge in [-0.15, -0.1) is 11.3 Å². The summed E-state index contributed by atoms with van der Waals surface area (Å²) in [5.74, 6) is -1.72. The fourth-order valence-electron chi connectivity index (χ4n) is 3.96. The van der Waals surface area contributed by atoms with E-state index in [1.165, 1.54) is 0 Å². The highest BCUT2D eigenvalue weighted by atomic mass is 35.5. The largest absolute Gasteiger partial charge is 0.432 e. The third-order valence-corrected chi connectivity index (χ3v) is 6.47. The molecule has 0 saturated carbocycles. The zero-order valence-electron chi connectivity index (χ0n) is 17.1. The molecule has 2 aliphatic heterocycles. The summed E-state index contributed by atoms with van der Waals surface area (Å²) in [5, 5.41) is 1.12. The molecule has 3 rings (SSSR count). The number of nitrogens with zero attached hydrogens (tertiary/aromatic N) is 2. The summed E-state index contributed by atoms with van der Waals surface area (Å²) in [6.07, 6.45) is -0.256. The van der Waals surface area contributed by atoms with Crippen LogP contribution in [0.1, 0.15) is 41.0 Å². The van der Waals surface area contributed by atoms with Crippen LogP contribution in [0, 0.1) is 11.8 Å². The van der Waals surface area contributed by atoms with Gasteiger partial charge in [-0.05, 0) is 31.4 Å². The lowest BCUT2D eigenvalue weighted by Gasteiger charge is -2.42. The van der Waals surface area contributed by atoms with Gasteiger partial charge in [-0.25, -0.2) is 4.79 Å². The van der Waals surface area contributed by atoms with Crippen molar-refractivity contribution in [2.45, 2.75) is 59.0 Å². The molecule has 0 unspecified atom stereocenters. The van der Waals surface area contributed by atoms with E-state index in [4.69, 9.17) is 21.1 Å². The highest BCUT2D eigenvalue weighted by Crippen LogP contribution is 2.34. The lowest BCUT2D eigenvalue weighted by Crippen LogP contribution is -2.57. The highest BCUT2D eigenvalue weighted by Gasteiger charge is 2.49. The number of amides is 1. The Morgan fingerprint density at radius 1 is 1.36 bits per heavy atom. The van der Waals surface area contributed by atoms with Gasteiger partial charge in [-0.3, -0.25) is 4.79 Å². The average Bonchev–Trinajstić information content (AvgIpc) is 3.14. The topological polar surface area (TPSA) is 59.1 Å². The van der Waals surface area contributed by atoms with Gasteiger partial charge < -0.3 is 19.3 Å². The van der Waals surface area contributed by atoms with Crippen LogP contribution in [0.2, 0.25) is 4.34 Å². The molecule has 1 aromatic heterocycles. The van der Waals surface area contributed by atoms with Crippen molar-refractivity contribution in [2.75, 3.05) is 24.5 Å². The van der Waals surface area contributed by atoms with Crippen LogP contribution in [0.4, 0.5) is 5.00 Å². The Labute approximate surface area is 175 Å². The van der Waals surface area contributed by atoms with Crippen molar-refractivity contribution in [1.29, 1.82) is 0 Å². The van der Waals surface area contributed by atoms with E-state index < -0.39 is 23.8 Å². The minimum absolute atomic E-state index is 0.0234. The van der Waals surface area contributed by atoms with Gasteiger partial charge in [0.25, 0.3) is 0 Å². The van der Waals surface area contributed by atoms with Crippen molar-refractivity contribution in [3.8, 4) is 0 Å². The molecule has 2 saturated heterocycles. The quantitative estimate of drug-likeness (QED) is 0.668. The lowest BCUT2D eigenvalue weighted by atomic mass is 9.90. The summed E-state index contributed by atoms with van der Waals surface area (Å²) >= 11 is 7.61. The van der Waals surface area contributed by atoms with Gasteiger partial charge in [0.1, 0.15) is 0 Å². The summed E-state index contributed by atoms with van der Waals surface area (Å²) < 4.78 is 11.9. The number of halogens is 1. The molecular formula is C20H29ClN2O4S. The smallest absolute Gasteiger partial charge is 0.338 e. The van der Waals surface area contributed by atoms with Crippen LogP contribution in [0.25, 0.3) is 0 Å². The second-order valence-corrected chi connectivity index (χ2v) is 10.2. The monoisotopic (exact) mass is 428 g/mol. The van der Waals surface area contributed by atoms with E-state index in [9.17, 15) is 9.59 Å². The zero-order chi connectivity index (χ0) is 20.6.